The normalized spacial score (nSPS) is 11.6. The second-order valence-electron chi connectivity index (χ2n) is 5.57. The van der Waals surface area contributed by atoms with Gasteiger partial charge in [-0.25, -0.2) is 0 Å². The Morgan fingerprint density at radius 1 is 0.880 bits per heavy atom. The van der Waals surface area contributed by atoms with E-state index in [0.29, 0.717) is 6.54 Å². The van der Waals surface area contributed by atoms with Crippen molar-refractivity contribution in [2.75, 3.05) is 17.2 Å². The molecule has 0 aliphatic carbocycles. The first-order valence-corrected chi connectivity index (χ1v) is 7.99. The monoisotopic (exact) mass is 344 g/mol. The molecule has 132 valence electrons. The van der Waals surface area contributed by atoms with E-state index in [0.717, 1.165) is 24.2 Å². The van der Waals surface area contributed by atoms with Crippen LogP contribution in [-0.4, -0.2) is 22.4 Å². The molecule has 8 heteroatoms. The van der Waals surface area contributed by atoms with Crippen molar-refractivity contribution in [3.05, 3.63) is 68.8 Å². The van der Waals surface area contributed by atoms with E-state index in [4.69, 9.17) is 0 Å². The maximum absolute atomic E-state index is 10.7. The van der Waals surface area contributed by atoms with E-state index in [9.17, 15) is 20.2 Å². The molecule has 25 heavy (non-hydrogen) atoms. The van der Waals surface area contributed by atoms with Crippen LogP contribution in [0.2, 0.25) is 0 Å². The van der Waals surface area contributed by atoms with Gasteiger partial charge in [0.05, 0.1) is 9.85 Å². The first-order valence-electron chi connectivity index (χ1n) is 7.99. The Morgan fingerprint density at radius 3 is 1.80 bits per heavy atom. The lowest BCUT2D eigenvalue weighted by Crippen LogP contribution is -2.22. The molecule has 2 rings (SSSR count). The van der Waals surface area contributed by atoms with E-state index >= 15 is 0 Å². The lowest BCUT2D eigenvalue weighted by molar-refractivity contribution is -0.385. The highest BCUT2D eigenvalue weighted by atomic mass is 16.6. The summed E-state index contributed by atoms with van der Waals surface area (Å²) < 4.78 is 0. The number of hydrogen-bond donors (Lipinski definition) is 2. The SMILES string of the molecule is CCC(CCNc1ccc([N+](=O)[O-])cc1)Nc1ccc([N+](=O)[O-])cc1. The van der Waals surface area contributed by atoms with Crippen LogP contribution in [0.5, 0.6) is 0 Å². The first-order chi connectivity index (χ1) is 12.0. The van der Waals surface area contributed by atoms with Crippen LogP contribution in [0.3, 0.4) is 0 Å². The van der Waals surface area contributed by atoms with E-state index in [1.165, 1.54) is 24.3 Å². The van der Waals surface area contributed by atoms with Crippen LogP contribution in [0.25, 0.3) is 0 Å². The largest absolute Gasteiger partial charge is 0.385 e. The van der Waals surface area contributed by atoms with Crippen LogP contribution >= 0.6 is 0 Å². The zero-order chi connectivity index (χ0) is 18.2. The third kappa shape index (κ3) is 5.45. The Kier molecular flexibility index (Phi) is 6.27. The lowest BCUT2D eigenvalue weighted by Gasteiger charge is -2.18. The van der Waals surface area contributed by atoms with Crippen molar-refractivity contribution in [3.63, 3.8) is 0 Å². The van der Waals surface area contributed by atoms with Crippen LogP contribution in [0.1, 0.15) is 19.8 Å². The Labute approximate surface area is 145 Å². The Morgan fingerprint density at radius 2 is 1.36 bits per heavy atom. The molecule has 0 spiro atoms. The number of anilines is 2. The predicted octanol–water partition coefficient (Wildman–Crippen LogP) is 4.20. The minimum atomic E-state index is -0.426. The van der Waals surface area contributed by atoms with Crippen molar-refractivity contribution < 1.29 is 9.85 Å². The van der Waals surface area contributed by atoms with Crippen molar-refractivity contribution in [2.24, 2.45) is 0 Å². The number of nitrogens with zero attached hydrogens (tertiary/aromatic N) is 2. The second-order valence-corrected chi connectivity index (χ2v) is 5.57. The summed E-state index contributed by atoms with van der Waals surface area (Å²) in [6, 6.07) is 12.9. The van der Waals surface area contributed by atoms with Gasteiger partial charge in [-0.05, 0) is 37.1 Å². The van der Waals surface area contributed by atoms with Gasteiger partial charge in [-0.2, -0.15) is 0 Å². The van der Waals surface area contributed by atoms with Gasteiger partial charge in [0.1, 0.15) is 0 Å². The van der Waals surface area contributed by atoms with Crippen LogP contribution in [0.15, 0.2) is 48.5 Å². The highest BCUT2D eigenvalue weighted by molar-refractivity contribution is 5.50. The zero-order valence-electron chi connectivity index (χ0n) is 13.8. The molecule has 0 aliphatic rings. The van der Waals surface area contributed by atoms with Crippen LogP contribution in [0.4, 0.5) is 22.7 Å². The van der Waals surface area contributed by atoms with Crippen LogP contribution < -0.4 is 10.6 Å². The highest BCUT2D eigenvalue weighted by Crippen LogP contribution is 2.18. The summed E-state index contributed by atoms with van der Waals surface area (Å²) in [6.45, 7) is 2.77. The second kappa shape index (κ2) is 8.62. The number of nitro groups is 2. The van der Waals surface area contributed by atoms with E-state index < -0.39 is 9.85 Å². The Hall–Kier alpha value is -3.16. The molecule has 1 unspecified atom stereocenters. The van der Waals surface area contributed by atoms with Gasteiger partial charge >= 0.3 is 0 Å². The molecule has 1 atom stereocenters. The Balaban J connectivity index is 1.83. The average molecular weight is 344 g/mol. The molecule has 0 amide bonds. The van der Waals surface area contributed by atoms with Gasteiger partial charge in [0.2, 0.25) is 0 Å². The van der Waals surface area contributed by atoms with Gasteiger partial charge in [0.15, 0.2) is 0 Å². The Bertz CT molecular complexity index is 716. The van der Waals surface area contributed by atoms with Crippen LogP contribution in [0, 0.1) is 20.2 Å². The van der Waals surface area contributed by atoms with E-state index in [2.05, 4.69) is 17.6 Å². The van der Waals surface area contributed by atoms with Crippen molar-refractivity contribution in [3.8, 4) is 0 Å². The fraction of sp³-hybridized carbons (Fsp3) is 0.294. The van der Waals surface area contributed by atoms with E-state index in [1.54, 1.807) is 24.3 Å². The van der Waals surface area contributed by atoms with Gasteiger partial charge in [0.25, 0.3) is 11.4 Å². The summed E-state index contributed by atoms with van der Waals surface area (Å²) in [5.74, 6) is 0. The zero-order valence-corrected chi connectivity index (χ0v) is 13.8. The third-order valence-corrected chi connectivity index (χ3v) is 3.84. The molecule has 0 aromatic heterocycles. The standard InChI is InChI=1S/C17H20N4O4/c1-2-13(19-15-5-9-17(10-6-15)21(24)25)11-12-18-14-3-7-16(8-4-14)20(22)23/h3-10,13,18-19H,2,11-12H2,1H3. The molecular weight excluding hydrogens is 324 g/mol. The lowest BCUT2D eigenvalue weighted by atomic mass is 10.1. The summed E-state index contributed by atoms with van der Waals surface area (Å²) in [5.41, 5.74) is 1.80. The molecule has 2 aromatic rings. The molecule has 2 N–H and O–H groups in total. The topological polar surface area (TPSA) is 110 Å². The molecule has 0 bridgehead atoms. The van der Waals surface area contributed by atoms with Crippen molar-refractivity contribution in [2.45, 2.75) is 25.8 Å². The molecule has 0 saturated heterocycles. The summed E-state index contributed by atoms with van der Waals surface area (Å²) in [5, 5.41) is 27.9. The maximum atomic E-state index is 10.7. The van der Waals surface area contributed by atoms with Crippen LogP contribution in [-0.2, 0) is 0 Å². The van der Waals surface area contributed by atoms with Crippen molar-refractivity contribution >= 4 is 22.7 Å². The average Bonchev–Trinajstić information content (AvgIpc) is 2.61. The summed E-state index contributed by atoms with van der Waals surface area (Å²) in [4.78, 5) is 20.4. The molecule has 0 heterocycles. The fourth-order valence-electron chi connectivity index (χ4n) is 2.39. The van der Waals surface area contributed by atoms with Crippen molar-refractivity contribution in [1.29, 1.82) is 0 Å². The van der Waals surface area contributed by atoms with Gasteiger partial charge in [-0.15, -0.1) is 0 Å². The predicted molar refractivity (Wildman–Crippen MR) is 97.0 cm³/mol. The van der Waals surface area contributed by atoms with Gasteiger partial charge in [-0.3, -0.25) is 20.2 Å². The first kappa shape index (κ1) is 18.2. The number of rotatable bonds is 9. The number of hydrogen-bond acceptors (Lipinski definition) is 6. The number of nitro benzene ring substituents is 2. The van der Waals surface area contributed by atoms with Gasteiger partial charge < -0.3 is 10.6 Å². The smallest absolute Gasteiger partial charge is 0.269 e. The highest BCUT2D eigenvalue weighted by Gasteiger charge is 2.09. The number of nitrogens with one attached hydrogen (secondary N) is 2. The maximum Gasteiger partial charge on any atom is 0.269 e. The molecule has 0 saturated carbocycles. The molecule has 8 nitrogen and oxygen atoms in total. The third-order valence-electron chi connectivity index (χ3n) is 3.84. The molecule has 0 aliphatic heterocycles. The molecular formula is C17H20N4O4. The number of non-ortho nitro benzene ring substituents is 2. The van der Waals surface area contributed by atoms with Crippen molar-refractivity contribution in [1.82, 2.24) is 0 Å². The summed E-state index contributed by atoms with van der Waals surface area (Å²) in [6.07, 6.45) is 1.74. The fourth-order valence-corrected chi connectivity index (χ4v) is 2.39. The molecule has 0 fully saturated rings. The van der Waals surface area contributed by atoms with E-state index in [-0.39, 0.29) is 17.4 Å². The minimum absolute atomic E-state index is 0.0665. The van der Waals surface area contributed by atoms with Gasteiger partial charge in [0, 0.05) is 48.2 Å². The van der Waals surface area contributed by atoms with Gasteiger partial charge in [-0.1, -0.05) is 6.92 Å². The quantitative estimate of drug-likeness (QED) is 0.521. The molecule has 0 radical (unpaired) electrons. The summed E-state index contributed by atoms with van der Waals surface area (Å²) >= 11 is 0. The number of benzene rings is 2. The van der Waals surface area contributed by atoms with E-state index in [1.807, 2.05) is 0 Å². The molecule has 2 aromatic carbocycles. The summed E-state index contributed by atoms with van der Waals surface area (Å²) in [7, 11) is 0. The minimum Gasteiger partial charge on any atom is -0.385 e.